The molecule has 0 bridgehead atoms. The molecule has 1 unspecified atom stereocenters. The number of carbonyl (C=O) groups excluding carboxylic acids is 2. The maximum atomic E-state index is 12.5. The largest absolute Gasteiger partial charge is 0.494 e. The van der Waals surface area contributed by atoms with E-state index < -0.39 is 0 Å². The van der Waals surface area contributed by atoms with Crippen molar-refractivity contribution in [1.82, 2.24) is 9.88 Å². The zero-order valence-electron chi connectivity index (χ0n) is 19.5. The monoisotopic (exact) mass is 443 g/mol. The van der Waals surface area contributed by atoms with Crippen molar-refractivity contribution in [1.29, 1.82) is 0 Å². The molecule has 2 amide bonds. The number of rotatable bonds is 4. The zero-order chi connectivity index (χ0) is 24.3. The van der Waals surface area contributed by atoms with E-state index in [0.717, 1.165) is 5.56 Å². The van der Waals surface area contributed by atoms with Crippen LogP contribution in [0.15, 0.2) is 47.6 Å². The average Bonchev–Trinajstić information content (AvgIpc) is 2.78. The Labute approximate surface area is 189 Å². The third kappa shape index (κ3) is 7.66. The first-order valence-electron chi connectivity index (χ1n) is 10.4. The normalized spacial score (nSPS) is 15.0. The molecular formula is C23H33N5O4. The van der Waals surface area contributed by atoms with Crippen molar-refractivity contribution in [3.05, 3.63) is 53.9 Å². The molecule has 2 heterocycles. The van der Waals surface area contributed by atoms with Gasteiger partial charge in [0.25, 0.3) is 5.91 Å². The molecule has 1 aromatic carbocycles. The van der Waals surface area contributed by atoms with E-state index in [4.69, 9.17) is 15.6 Å². The highest BCUT2D eigenvalue weighted by Gasteiger charge is 2.26. The van der Waals surface area contributed by atoms with Gasteiger partial charge in [0.15, 0.2) is 11.7 Å². The lowest BCUT2D eigenvalue weighted by Gasteiger charge is -2.25. The SMILES string of the molecule is CC.CC(C)O.COc1cccnc1C(=O)Nc1cccc(C2CC(=O)N(C)C(N)=N2)c1. The summed E-state index contributed by atoms with van der Waals surface area (Å²) >= 11 is 0. The number of carbonyl (C=O) groups is 2. The Morgan fingerprint density at radius 1 is 1.28 bits per heavy atom. The number of aliphatic imine (C=N–C) groups is 1. The summed E-state index contributed by atoms with van der Waals surface area (Å²) < 4.78 is 5.16. The number of pyridine rings is 1. The van der Waals surface area contributed by atoms with Crippen LogP contribution in [0.25, 0.3) is 0 Å². The van der Waals surface area contributed by atoms with E-state index in [1.807, 2.05) is 19.9 Å². The second-order valence-electron chi connectivity index (χ2n) is 6.89. The quantitative estimate of drug-likeness (QED) is 0.666. The van der Waals surface area contributed by atoms with Crippen LogP contribution in [0.5, 0.6) is 5.75 Å². The Morgan fingerprint density at radius 2 is 1.94 bits per heavy atom. The van der Waals surface area contributed by atoms with Crippen molar-refractivity contribution in [2.75, 3.05) is 19.5 Å². The molecule has 1 aliphatic heterocycles. The number of aliphatic hydroxyl groups is 1. The van der Waals surface area contributed by atoms with Crippen LogP contribution in [0.4, 0.5) is 5.69 Å². The lowest BCUT2D eigenvalue weighted by atomic mass is 10.0. The Hall–Kier alpha value is -3.46. The van der Waals surface area contributed by atoms with Crippen LogP contribution in [-0.4, -0.2) is 53.0 Å². The number of aromatic nitrogens is 1. The van der Waals surface area contributed by atoms with Crippen LogP contribution in [0.3, 0.4) is 0 Å². The molecule has 1 aromatic heterocycles. The molecule has 0 saturated carbocycles. The first-order chi connectivity index (χ1) is 15.2. The van der Waals surface area contributed by atoms with Crippen molar-refractivity contribution in [2.45, 2.75) is 46.3 Å². The maximum absolute atomic E-state index is 12.5. The topological polar surface area (TPSA) is 130 Å². The third-order valence-electron chi connectivity index (χ3n) is 4.11. The molecule has 32 heavy (non-hydrogen) atoms. The van der Waals surface area contributed by atoms with Crippen molar-refractivity contribution in [2.24, 2.45) is 10.7 Å². The average molecular weight is 444 g/mol. The number of nitrogens with one attached hydrogen (secondary N) is 1. The number of nitrogens with zero attached hydrogens (tertiary/aromatic N) is 3. The van der Waals surface area contributed by atoms with E-state index >= 15 is 0 Å². The molecule has 0 saturated heterocycles. The van der Waals surface area contributed by atoms with Gasteiger partial charge in [-0.1, -0.05) is 26.0 Å². The van der Waals surface area contributed by atoms with E-state index in [2.05, 4.69) is 15.3 Å². The fourth-order valence-corrected chi connectivity index (χ4v) is 2.65. The summed E-state index contributed by atoms with van der Waals surface area (Å²) in [4.78, 5) is 34.2. The van der Waals surface area contributed by atoms with Crippen LogP contribution < -0.4 is 15.8 Å². The first kappa shape index (κ1) is 26.6. The number of amides is 2. The fourth-order valence-electron chi connectivity index (χ4n) is 2.65. The van der Waals surface area contributed by atoms with Gasteiger partial charge in [-0.15, -0.1) is 0 Å². The molecule has 0 radical (unpaired) electrons. The highest BCUT2D eigenvalue weighted by molar-refractivity contribution is 6.04. The van der Waals surface area contributed by atoms with Crippen molar-refractivity contribution < 1.29 is 19.4 Å². The summed E-state index contributed by atoms with van der Waals surface area (Å²) in [6.07, 6.45) is 1.58. The zero-order valence-corrected chi connectivity index (χ0v) is 19.5. The second-order valence-corrected chi connectivity index (χ2v) is 6.89. The molecule has 174 valence electrons. The molecule has 4 N–H and O–H groups in total. The van der Waals surface area contributed by atoms with Crippen molar-refractivity contribution in [3.8, 4) is 5.75 Å². The number of anilines is 1. The molecular weight excluding hydrogens is 410 g/mol. The molecule has 0 spiro atoms. The van der Waals surface area contributed by atoms with E-state index in [9.17, 15) is 9.59 Å². The molecule has 0 fully saturated rings. The Bertz CT molecular complexity index is 927. The Morgan fingerprint density at radius 3 is 2.53 bits per heavy atom. The highest BCUT2D eigenvalue weighted by Crippen LogP contribution is 2.27. The molecule has 2 aromatic rings. The van der Waals surface area contributed by atoms with Crippen LogP contribution >= 0.6 is 0 Å². The number of guanidine groups is 1. The molecule has 1 atom stereocenters. The van der Waals surface area contributed by atoms with Crippen LogP contribution in [0, 0.1) is 0 Å². The summed E-state index contributed by atoms with van der Waals surface area (Å²) in [5.41, 5.74) is 7.34. The van der Waals surface area contributed by atoms with Gasteiger partial charge < -0.3 is 20.9 Å². The number of ether oxygens (including phenoxy) is 1. The van der Waals surface area contributed by atoms with Crippen LogP contribution in [-0.2, 0) is 4.79 Å². The summed E-state index contributed by atoms with van der Waals surface area (Å²) in [6.45, 7) is 7.44. The minimum absolute atomic E-state index is 0.102. The predicted molar refractivity (Wildman–Crippen MR) is 126 cm³/mol. The van der Waals surface area contributed by atoms with Gasteiger partial charge in [0.2, 0.25) is 5.91 Å². The molecule has 9 nitrogen and oxygen atoms in total. The minimum Gasteiger partial charge on any atom is -0.494 e. The molecule has 0 aliphatic carbocycles. The van der Waals surface area contributed by atoms with Crippen molar-refractivity contribution in [3.63, 3.8) is 0 Å². The highest BCUT2D eigenvalue weighted by atomic mass is 16.5. The summed E-state index contributed by atoms with van der Waals surface area (Å²) in [5, 5.41) is 10.8. The smallest absolute Gasteiger partial charge is 0.278 e. The second kappa shape index (κ2) is 13.1. The number of hydrogen-bond donors (Lipinski definition) is 3. The molecule has 1 aliphatic rings. The number of methoxy groups -OCH3 is 1. The van der Waals surface area contributed by atoms with E-state index in [-0.39, 0.29) is 42.0 Å². The van der Waals surface area contributed by atoms with Gasteiger partial charge in [0, 0.05) is 25.0 Å². The Balaban J connectivity index is 0.000000769. The van der Waals surface area contributed by atoms with Gasteiger partial charge in [-0.2, -0.15) is 0 Å². The lowest BCUT2D eigenvalue weighted by molar-refractivity contribution is -0.127. The molecule has 3 rings (SSSR count). The summed E-state index contributed by atoms with van der Waals surface area (Å²) in [5.74, 6) is 0.0792. The maximum Gasteiger partial charge on any atom is 0.278 e. The summed E-state index contributed by atoms with van der Waals surface area (Å²) in [7, 11) is 3.07. The number of benzene rings is 1. The van der Waals surface area contributed by atoms with E-state index in [1.165, 1.54) is 18.2 Å². The first-order valence-corrected chi connectivity index (χ1v) is 10.4. The van der Waals surface area contributed by atoms with Gasteiger partial charge in [-0.05, 0) is 43.7 Å². The van der Waals surface area contributed by atoms with Gasteiger partial charge in [0.05, 0.1) is 19.6 Å². The molecule has 9 heteroatoms. The standard InChI is InChI=1S/C18H19N5O3.C3H8O.C2H6/c1-23-15(24)10-13(22-18(23)19)11-5-3-6-12(9-11)21-17(25)16-14(26-2)7-4-8-20-16;1-3(2)4;1-2/h3-9,13H,10H2,1-2H3,(H2,19,22)(H,21,25);3-4H,1-2H3;1-2H3. The van der Waals surface area contributed by atoms with Gasteiger partial charge in [-0.3, -0.25) is 14.5 Å². The third-order valence-corrected chi connectivity index (χ3v) is 4.11. The predicted octanol–water partition coefficient (Wildman–Crippen LogP) is 2.97. The van der Waals surface area contributed by atoms with Crippen molar-refractivity contribution >= 4 is 23.5 Å². The minimum atomic E-state index is -0.387. The number of hydrogen-bond acceptors (Lipinski definition) is 7. The van der Waals surface area contributed by atoms with Gasteiger partial charge in [-0.25, -0.2) is 9.98 Å². The number of aliphatic hydroxyl groups excluding tert-OH is 1. The fraction of sp³-hybridized carbons (Fsp3) is 0.391. The lowest BCUT2D eigenvalue weighted by Crippen LogP contribution is -2.42. The van der Waals surface area contributed by atoms with E-state index in [1.54, 1.807) is 51.2 Å². The van der Waals surface area contributed by atoms with E-state index in [0.29, 0.717) is 11.4 Å². The van der Waals surface area contributed by atoms with Crippen LogP contribution in [0.1, 0.15) is 56.2 Å². The van der Waals surface area contributed by atoms with Crippen LogP contribution in [0.2, 0.25) is 0 Å². The van der Waals surface area contributed by atoms with Gasteiger partial charge >= 0.3 is 0 Å². The number of nitrogens with two attached hydrogens (primary N) is 1. The Kier molecular flexibility index (Phi) is 10.8. The summed E-state index contributed by atoms with van der Waals surface area (Å²) in [6, 6.07) is 10.1. The van der Waals surface area contributed by atoms with Gasteiger partial charge in [0.1, 0.15) is 5.75 Å².